The van der Waals surface area contributed by atoms with Crippen molar-refractivity contribution in [2.45, 2.75) is 26.1 Å². The maximum absolute atomic E-state index is 11.9. The SMILES string of the molecule is COC(=O)CP(=O)(OCC(F)(F)F)OC(C)C. The topological polar surface area (TPSA) is 61.8 Å². The number of methoxy groups -OCH3 is 1. The first-order chi connectivity index (χ1) is 7.58. The van der Waals surface area contributed by atoms with Crippen LogP contribution in [0.25, 0.3) is 0 Å². The molecule has 0 aliphatic carbocycles. The molecule has 0 amide bonds. The molecule has 0 heterocycles. The van der Waals surface area contributed by atoms with Gasteiger partial charge in [0.25, 0.3) is 0 Å². The van der Waals surface area contributed by atoms with E-state index in [1.54, 1.807) is 0 Å². The third kappa shape index (κ3) is 8.18. The molecule has 0 radical (unpaired) electrons. The van der Waals surface area contributed by atoms with Gasteiger partial charge in [-0.1, -0.05) is 0 Å². The standard InChI is InChI=1S/C8H14F3O5P/c1-6(2)16-17(13,4-7(12)14-3)15-5-8(9,10)11/h6H,4-5H2,1-3H3. The molecule has 0 saturated heterocycles. The molecule has 0 bridgehead atoms. The lowest BCUT2D eigenvalue weighted by molar-refractivity contribution is -0.156. The summed E-state index contributed by atoms with van der Waals surface area (Å²) >= 11 is 0. The first-order valence-electron chi connectivity index (χ1n) is 4.63. The van der Waals surface area contributed by atoms with Crippen LogP contribution in [0.2, 0.25) is 0 Å². The van der Waals surface area contributed by atoms with Crippen LogP contribution in [0.4, 0.5) is 13.2 Å². The van der Waals surface area contributed by atoms with Gasteiger partial charge in [-0.2, -0.15) is 13.2 Å². The summed E-state index contributed by atoms with van der Waals surface area (Å²) in [5, 5.41) is 0. The molecule has 0 aromatic carbocycles. The van der Waals surface area contributed by atoms with Crippen molar-refractivity contribution in [3.05, 3.63) is 0 Å². The third-order valence-electron chi connectivity index (χ3n) is 1.35. The maximum atomic E-state index is 11.9. The zero-order valence-corrected chi connectivity index (χ0v) is 10.5. The quantitative estimate of drug-likeness (QED) is 0.551. The Balaban J connectivity index is 4.61. The normalized spacial score (nSPS) is 15.7. The van der Waals surface area contributed by atoms with Gasteiger partial charge in [0, 0.05) is 0 Å². The molecular formula is C8H14F3O5P. The zero-order valence-electron chi connectivity index (χ0n) is 9.61. The molecule has 0 saturated carbocycles. The van der Waals surface area contributed by atoms with Gasteiger partial charge in [-0.25, -0.2) is 0 Å². The Morgan fingerprint density at radius 2 is 1.88 bits per heavy atom. The molecule has 0 aromatic rings. The van der Waals surface area contributed by atoms with Gasteiger partial charge in [-0.3, -0.25) is 13.9 Å². The Bertz CT molecular complexity index is 302. The lowest BCUT2D eigenvalue weighted by Crippen LogP contribution is -2.20. The monoisotopic (exact) mass is 278 g/mol. The highest BCUT2D eigenvalue weighted by molar-refractivity contribution is 7.54. The van der Waals surface area contributed by atoms with Crippen molar-refractivity contribution in [1.29, 1.82) is 0 Å². The van der Waals surface area contributed by atoms with Crippen LogP contribution < -0.4 is 0 Å². The lowest BCUT2D eigenvalue weighted by atomic mass is 10.5. The van der Waals surface area contributed by atoms with E-state index in [1.807, 2.05) is 0 Å². The number of ether oxygens (including phenoxy) is 1. The van der Waals surface area contributed by atoms with Gasteiger partial charge in [0.1, 0.15) is 6.16 Å². The van der Waals surface area contributed by atoms with E-state index in [2.05, 4.69) is 9.26 Å². The van der Waals surface area contributed by atoms with Crippen LogP contribution in [0, 0.1) is 0 Å². The van der Waals surface area contributed by atoms with Crippen molar-refractivity contribution in [1.82, 2.24) is 0 Å². The summed E-state index contributed by atoms with van der Waals surface area (Å²) in [6.45, 7) is 1.18. The summed E-state index contributed by atoms with van der Waals surface area (Å²) in [6.07, 6.45) is -6.14. The molecular weight excluding hydrogens is 264 g/mol. The Labute approximate surface area is 96.8 Å². The molecule has 102 valence electrons. The van der Waals surface area contributed by atoms with E-state index in [9.17, 15) is 22.5 Å². The van der Waals surface area contributed by atoms with Gasteiger partial charge in [0.2, 0.25) is 0 Å². The second-order valence-corrected chi connectivity index (χ2v) is 5.39. The first-order valence-corrected chi connectivity index (χ1v) is 6.36. The van der Waals surface area contributed by atoms with E-state index in [1.165, 1.54) is 13.8 Å². The minimum absolute atomic E-state index is 0.640. The zero-order chi connectivity index (χ0) is 13.7. The van der Waals surface area contributed by atoms with E-state index >= 15 is 0 Å². The van der Waals surface area contributed by atoms with Crippen molar-refractivity contribution in [2.24, 2.45) is 0 Å². The van der Waals surface area contributed by atoms with Crippen LogP contribution in [-0.2, 0) is 23.1 Å². The summed E-state index contributed by atoms with van der Waals surface area (Å²) < 4.78 is 60.7. The van der Waals surface area contributed by atoms with Gasteiger partial charge in [-0.15, -0.1) is 0 Å². The summed E-state index contributed by atoms with van der Waals surface area (Å²) in [7, 11) is -3.12. The number of carbonyl (C=O) groups excluding carboxylic acids is 1. The molecule has 0 aromatic heterocycles. The number of alkyl halides is 3. The van der Waals surface area contributed by atoms with E-state index in [4.69, 9.17) is 4.52 Å². The van der Waals surface area contributed by atoms with Gasteiger partial charge < -0.3 is 9.26 Å². The predicted molar refractivity (Wildman–Crippen MR) is 52.7 cm³/mol. The molecule has 0 spiro atoms. The highest BCUT2D eigenvalue weighted by atomic mass is 31.2. The van der Waals surface area contributed by atoms with Crippen molar-refractivity contribution in [3.63, 3.8) is 0 Å². The average molecular weight is 278 g/mol. The van der Waals surface area contributed by atoms with E-state index in [-0.39, 0.29) is 0 Å². The molecule has 0 N–H and O–H groups in total. The minimum Gasteiger partial charge on any atom is -0.469 e. The second-order valence-electron chi connectivity index (χ2n) is 3.39. The molecule has 5 nitrogen and oxygen atoms in total. The van der Waals surface area contributed by atoms with Crippen molar-refractivity contribution < 1.29 is 36.3 Å². The fourth-order valence-corrected chi connectivity index (χ4v) is 2.49. The highest BCUT2D eigenvalue weighted by Crippen LogP contribution is 2.50. The maximum Gasteiger partial charge on any atom is 0.412 e. The van der Waals surface area contributed by atoms with Gasteiger partial charge in [-0.05, 0) is 13.8 Å². The smallest absolute Gasteiger partial charge is 0.412 e. The molecule has 0 rings (SSSR count). The molecule has 0 aliphatic rings. The molecule has 0 aliphatic heterocycles. The molecule has 9 heteroatoms. The Morgan fingerprint density at radius 1 is 1.35 bits per heavy atom. The van der Waals surface area contributed by atoms with Gasteiger partial charge >= 0.3 is 19.7 Å². The van der Waals surface area contributed by atoms with E-state index in [0.717, 1.165) is 7.11 Å². The number of hydrogen-bond donors (Lipinski definition) is 0. The Hall–Kier alpha value is -0.590. The fourth-order valence-electron chi connectivity index (χ4n) is 0.829. The lowest BCUT2D eigenvalue weighted by Gasteiger charge is -2.20. The van der Waals surface area contributed by atoms with Crippen LogP contribution in [0.15, 0.2) is 0 Å². The molecule has 1 atom stereocenters. The summed E-state index contributed by atoms with van der Waals surface area (Å²) in [4.78, 5) is 10.9. The number of esters is 1. The van der Waals surface area contributed by atoms with Gasteiger partial charge in [0.15, 0.2) is 6.61 Å². The van der Waals surface area contributed by atoms with Crippen LogP contribution >= 0.6 is 7.60 Å². The number of hydrogen-bond acceptors (Lipinski definition) is 5. The Morgan fingerprint density at radius 3 is 2.24 bits per heavy atom. The van der Waals surface area contributed by atoms with E-state index < -0.39 is 38.6 Å². The largest absolute Gasteiger partial charge is 0.469 e. The number of rotatable bonds is 6. The predicted octanol–water partition coefficient (Wildman–Crippen LogP) is 2.36. The summed E-state index contributed by atoms with van der Waals surface area (Å²) in [6, 6.07) is 0. The molecule has 17 heavy (non-hydrogen) atoms. The highest BCUT2D eigenvalue weighted by Gasteiger charge is 2.37. The van der Waals surface area contributed by atoms with Crippen molar-refractivity contribution in [3.8, 4) is 0 Å². The summed E-state index contributed by atoms with van der Waals surface area (Å²) in [5.41, 5.74) is 0. The molecule has 1 unspecified atom stereocenters. The number of carbonyl (C=O) groups is 1. The third-order valence-corrected chi connectivity index (χ3v) is 3.26. The Kier molecular flexibility index (Phi) is 6.15. The number of halogens is 3. The second kappa shape index (κ2) is 6.37. The van der Waals surface area contributed by atoms with Crippen molar-refractivity contribution >= 4 is 13.6 Å². The van der Waals surface area contributed by atoms with Crippen LogP contribution in [0.1, 0.15) is 13.8 Å². The van der Waals surface area contributed by atoms with E-state index in [0.29, 0.717) is 0 Å². The van der Waals surface area contributed by atoms with Crippen LogP contribution in [0.5, 0.6) is 0 Å². The minimum atomic E-state index is -4.65. The first kappa shape index (κ1) is 16.4. The van der Waals surface area contributed by atoms with Gasteiger partial charge in [0.05, 0.1) is 13.2 Å². The summed E-state index contributed by atoms with van der Waals surface area (Å²) in [5.74, 6) is -0.962. The van der Waals surface area contributed by atoms with Crippen LogP contribution in [-0.4, -0.2) is 38.1 Å². The van der Waals surface area contributed by atoms with Crippen molar-refractivity contribution in [2.75, 3.05) is 19.9 Å². The average Bonchev–Trinajstić information content (AvgIpc) is 2.12. The van der Waals surface area contributed by atoms with Crippen LogP contribution in [0.3, 0.4) is 0 Å². The fraction of sp³-hybridized carbons (Fsp3) is 0.875. The molecule has 0 fully saturated rings.